The normalized spacial score (nSPS) is 20.5. The lowest BCUT2D eigenvalue weighted by Crippen LogP contribution is -2.43. The number of hydrogen-bond acceptors (Lipinski definition) is 2. The van der Waals surface area contributed by atoms with Gasteiger partial charge in [-0.3, -0.25) is 9.59 Å². The molecule has 1 saturated carbocycles. The molecule has 2 rings (SSSR count). The van der Waals surface area contributed by atoms with Gasteiger partial charge in [0.25, 0.3) is 5.91 Å². The molecule has 0 aliphatic heterocycles. The zero-order chi connectivity index (χ0) is 17.7. The highest BCUT2D eigenvalue weighted by Crippen LogP contribution is 2.27. The van der Waals surface area contributed by atoms with E-state index in [0.29, 0.717) is 12.0 Å². The number of carbonyl (C=O) groups excluding carboxylic acids is 2. The van der Waals surface area contributed by atoms with E-state index < -0.39 is 17.5 Å². The highest BCUT2D eigenvalue weighted by Gasteiger charge is 2.27. The van der Waals surface area contributed by atoms with Crippen LogP contribution in [0.25, 0.3) is 0 Å². The van der Waals surface area contributed by atoms with E-state index >= 15 is 0 Å². The summed E-state index contributed by atoms with van der Waals surface area (Å²) in [6.07, 6.45) is 4.64. The Bertz CT molecular complexity index is 607. The van der Waals surface area contributed by atoms with Crippen LogP contribution in [0.15, 0.2) is 18.2 Å². The Morgan fingerprint density at radius 3 is 2.62 bits per heavy atom. The molecule has 1 aromatic carbocycles. The summed E-state index contributed by atoms with van der Waals surface area (Å²) < 4.78 is 26.4. The SMILES string of the molecule is CC1CCCCC1N(C)C(=O)CCNC(=O)c1ccc(F)cc1F. The Labute approximate surface area is 141 Å². The van der Waals surface area contributed by atoms with E-state index in [4.69, 9.17) is 0 Å². The van der Waals surface area contributed by atoms with Crippen molar-refractivity contribution in [2.45, 2.75) is 45.1 Å². The van der Waals surface area contributed by atoms with E-state index in [1.54, 1.807) is 11.9 Å². The molecule has 24 heavy (non-hydrogen) atoms. The van der Waals surface area contributed by atoms with Crippen LogP contribution in [0, 0.1) is 17.6 Å². The number of hydrogen-bond donors (Lipinski definition) is 1. The summed E-state index contributed by atoms with van der Waals surface area (Å²) in [5.41, 5.74) is -0.224. The van der Waals surface area contributed by atoms with E-state index in [1.165, 1.54) is 6.42 Å². The molecule has 1 aliphatic carbocycles. The maximum atomic E-state index is 13.5. The standard InChI is InChI=1S/C18H24F2N2O2/c1-12-5-3-4-6-16(12)22(2)17(23)9-10-21-18(24)14-8-7-13(19)11-15(14)20/h7-8,11-12,16H,3-6,9-10H2,1-2H3,(H,21,24). The van der Waals surface area contributed by atoms with Crippen LogP contribution < -0.4 is 5.32 Å². The van der Waals surface area contributed by atoms with Gasteiger partial charge in [0.1, 0.15) is 11.6 Å². The third-order valence-corrected chi connectivity index (χ3v) is 4.76. The molecule has 0 saturated heterocycles. The predicted molar refractivity (Wildman–Crippen MR) is 87.5 cm³/mol. The van der Waals surface area contributed by atoms with Crippen molar-refractivity contribution in [2.75, 3.05) is 13.6 Å². The van der Waals surface area contributed by atoms with Crippen molar-refractivity contribution in [3.05, 3.63) is 35.4 Å². The average molecular weight is 338 g/mol. The third-order valence-electron chi connectivity index (χ3n) is 4.76. The van der Waals surface area contributed by atoms with Gasteiger partial charge in [-0.15, -0.1) is 0 Å². The first-order chi connectivity index (χ1) is 11.4. The number of rotatable bonds is 5. The maximum absolute atomic E-state index is 13.5. The first-order valence-corrected chi connectivity index (χ1v) is 8.39. The summed E-state index contributed by atoms with van der Waals surface area (Å²) in [4.78, 5) is 25.9. The van der Waals surface area contributed by atoms with Crippen LogP contribution in [0.3, 0.4) is 0 Å². The van der Waals surface area contributed by atoms with Crippen molar-refractivity contribution < 1.29 is 18.4 Å². The zero-order valence-electron chi connectivity index (χ0n) is 14.1. The van der Waals surface area contributed by atoms with Crippen molar-refractivity contribution in [1.82, 2.24) is 10.2 Å². The third kappa shape index (κ3) is 4.52. The summed E-state index contributed by atoms with van der Waals surface area (Å²) in [5.74, 6) is -1.84. The molecule has 132 valence electrons. The first-order valence-electron chi connectivity index (χ1n) is 8.39. The molecule has 4 nitrogen and oxygen atoms in total. The Morgan fingerprint density at radius 2 is 1.96 bits per heavy atom. The van der Waals surface area contributed by atoms with Crippen molar-refractivity contribution in [2.24, 2.45) is 5.92 Å². The van der Waals surface area contributed by atoms with Gasteiger partial charge in [-0.25, -0.2) is 8.78 Å². The van der Waals surface area contributed by atoms with Crippen LogP contribution >= 0.6 is 0 Å². The molecule has 0 heterocycles. The molecule has 1 fully saturated rings. The Kier molecular flexibility index (Phi) is 6.29. The lowest BCUT2D eigenvalue weighted by Gasteiger charge is -2.36. The topological polar surface area (TPSA) is 49.4 Å². The number of nitrogens with one attached hydrogen (secondary N) is 1. The van der Waals surface area contributed by atoms with E-state index in [-0.39, 0.29) is 30.5 Å². The predicted octanol–water partition coefficient (Wildman–Crippen LogP) is 3.12. The minimum absolute atomic E-state index is 0.0337. The van der Waals surface area contributed by atoms with Gasteiger partial charge in [0.2, 0.25) is 5.91 Å². The van der Waals surface area contributed by atoms with Gasteiger partial charge in [0.15, 0.2) is 0 Å². The number of halogens is 2. The van der Waals surface area contributed by atoms with Gasteiger partial charge in [0.05, 0.1) is 5.56 Å². The van der Waals surface area contributed by atoms with Crippen LogP contribution in [0.4, 0.5) is 8.78 Å². The highest BCUT2D eigenvalue weighted by atomic mass is 19.1. The fourth-order valence-electron chi connectivity index (χ4n) is 3.29. The summed E-state index contributed by atoms with van der Waals surface area (Å²) >= 11 is 0. The molecule has 0 spiro atoms. The molecule has 2 atom stereocenters. The summed E-state index contributed by atoms with van der Waals surface area (Å²) in [5, 5.41) is 2.51. The summed E-state index contributed by atoms with van der Waals surface area (Å²) in [6.45, 7) is 2.28. The van der Waals surface area contributed by atoms with Crippen molar-refractivity contribution >= 4 is 11.8 Å². The number of nitrogens with zero attached hydrogens (tertiary/aromatic N) is 1. The van der Waals surface area contributed by atoms with Crippen LogP contribution in [0.5, 0.6) is 0 Å². The van der Waals surface area contributed by atoms with E-state index in [1.807, 2.05) is 0 Å². The second-order valence-electron chi connectivity index (χ2n) is 6.46. The molecular formula is C18H24F2N2O2. The smallest absolute Gasteiger partial charge is 0.254 e. The second kappa shape index (κ2) is 8.22. The van der Waals surface area contributed by atoms with Gasteiger partial charge in [0, 0.05) is 32.1 Å². The molecule has 0 radical (unpaired) electrons. The van der Waals surface area contributed by atoms with Crippen LogP contribution in [-0.2, 0) is 4.79 Å². The fraction of sp³-hybridized carbons (Fsp3) is 0.556. The molecule has 1 aromatic rings. The maximum Gasteiger partial charge on any atom is 0.254 e. The van der Waals surface area contributed by atoms with Crippen molar-refractivity contribution in [3.63, 3.8) is 0 Å². The molecule has 2 amide bonds. The van der Waals surface area contributed by atoms with Crippen LogP contribution in [-0.4, -0.2) is 36.3 Å². The summed E-state index contributed by atoms with van der Waals surface area (Å²) in [7, 11) is 1.80. The Balaban J connectivity index is 1.82. The highest BCUT2D eigenvalue weighted by molar-refractivity contribution is 5.94. The minimum atomic E-state index is -0.910. The van der Waals surface area contributed by atoms with E-state index in [0.717, 1.165) is 31.4 Å². The largest absolute Gasteiger partial charge is 0.351 e. The Morgan fingerprint density at radius 1 is 1.25 bits per heavy atom. The van der Waals surface area contributed by atoms with E-state index in [9.17, 15) is 18.4 Å². The lowest BCUT2D eigenvalue weighted by atomic mass is 9.85. The molecule has 1 aliphatic rings. The molecule has 1 N–H and O–H groups in total. The summed E-state index contributed by atoms with van der Waals surface area (Å²) in [6, 6.07) is 3.04. The number of benzene rings is 1. The lowest BCUT2D eigenvalue weighted by molar-refractivity contribution is -0.133. The minimum Gasteiger partial charge on any atom is -0.351 e. The van der Waals surface area contributed by atoms with E-state index in [2.05, 4.69) is 12.2 Å². The second-order valence-corrected chi connectivity index (χ2v) is 6.46. The molecule has 0 aromatic heterocycles. The van der Waals surface area contributed by atoms with Crippen molar-refractivity contribution in [1.29, 1.82) is 0 Å². The van der Waals surface area contributed by atoms with Gasteiger partial charge >= 0.3 is 0 Å². The van der Waals surface area contributed by atoms with Crippen LogP contribution in [0.2, 0.25) is 0 Å². The Hall–Kier alpha value is -1.98. The number of amides is 2. The molecular weight excluding hydrogens is 314 g/mol. The number of carbonyl (C=O) groups is 2. The van der Waals surface area contributed by atoms with Gasteiger partial charge in [-0.2, -0.15) is 0 Å². The monoisotopic (exact) mass is 338 g/mol. The van der Waals surface area contributed by atoms with Gasteiger partial charge in [-0.05, 0) is 30.9 Å². The molecule has 6 heteroatoms. The molecule has 0 bridgehead atoms. The quantitative estimate of drug-likeness (QED) is 0.897. The van der Waals surface area contributed by atoms with Crippen molar-refractivity contribution in [3.8, 4) is 0 Å². The van der Waals surface area contributed by atoms with Gasteiger partial charge in [-0.1, -0.05) is 19.8 Å². The molecule has 2 unspecified atom stereocenters. The van der Waals surface area contributed by atoms with Gasteiger partial charge < -0.3 is 10.2 Å². The average Bonchev–Trinajstić information content (AvgIpc) is 2.54. The zero-order valence-corrected chi connectivity index (χ0v) is 14.1. The van der Waals surface area contributed by atoms with Crippen LogP contribution in [0.1, 0.15) is 49.4 Å². The fourth-order valence-corrected chi connectivity index (χ4v) is 3.29. The first kappa shape index (κ1) is 18.4.